The molecule has 1 N–H and O–H groups in total. The van der Waals surface area contributed by atoms with Crippen LogP contribution in [0.3, 0.4) is 0 Å². The number of nitrogens with one attached hydrogen (secondary N) is 1. The lowest BCUT2D eigenvalue weighted by molar-refractivity contribution is -0.0623. The molecule has 0 radical (unpaired) electrons. The molecule has 2 aliphatic rings. The van der Waals surface area contributed by atoms with Gasteiger partial charge in [-0.15, -0.1) is 10.2 Å². The van der Waals surface area contributed by atoms with Crippen molar-refractivity contribution in [3.63, 3.8) is 0 Å². The standard InChI is InChI=1S/C19H24N6O3/c1-3-25-16-13(9-21-25)15(22-12-4-6-26-7-5-12)14(8-20-16)17-23-24-18(28-17)19(2)10-27-11-19/h8-9,12H,3-7,10-11H2,1-2H3,(H,20,22). The largest absolute Gasteiger partial charge is 0.420 e. The summed E-state index contributed by atoms with van der Waals surface area (Å²) in [7, 11) is 0. The van der Waals surface area contributed by atoms with Crippen LogP contribution in [-0.2, 0) is 21.4 Å². The molecule has 5 rings (SSSR count). The monoisotopic (exact) mass is 384 g/mol. The lowest BCUT2D eigenvalue weighted by atomic mass is 9.89. The fourth-order valence-electron chi connectivity index (χ4n) is 3.73. The summed E-state index contributed by atoms with van der Waals surface area (Å²) in [6.45, 7) is 7.61. The molecule has 0 aliphatic carbocycles. The van der Waals surface area contributed by atoms with Gasteiger partial charge in [0.05, 0.1) is 41.5 Å². The molecule has 148 valence electrons. The molecule has 3 aromatic rings. The maximum Gasteiger partial charge on any atom is 0.251 e. The molecule has 0 bridgehead atoms. The number of aromatic nitrogens is 5. The Morgan fingerprint density at radius 2 is 2.00 bits per heavy atom. The van der Waals surface area contributed by atoms with Crippen LogP contribution in [0.1, 0.15) is 32.6 Å². The molecule has 0 aromatic carbocycles. The summed E-state index contributed by atoms with van der Waals surface area (Å²) in [6, 6.07) is 0.322. The number of anilines is 1. The van der Waals surface area contributed by atoms with Gasteiger partial charge < -0.3 is 19.2 Å². The van der Waals surface area contributed by atoms with Gasteiger partial charge in [-0.2, -0.15) is 5.10 Å². The van der Waals surface area contributed by atoms with Gasteiger partial charge in [0.2, 0.25) is 5.89 Å². The lowest BCUT2D eigenvalue weighted by Gasteiger charge is -2.34. The third kappa shape index (κ3) is 2.85. The van der Waals surface area contributed by atoms with Gasteiger partial charge in [0.25, 0.3) is 5.89 Å². The number of fused-ring (bicyclic) bond motifs is 1. The average molecular weight is 384 g/mol. The molecule has 0 atom stereocenters. The van der Waals surface area contributed by atoms with Crippen molar-refractivity contribution < 1.29 is 13.9 Å². The smallest absolute Gasteiger partial charge is 0.251 e. The minimum absolute atomic E-state index is 0.204. The van der Waals surface area contributed by atoms with Crippen LogP contribution in [0.15, 0.2) is 16.8 Å². The zero-order valence-corrected chi connectivity index (χ0v) is 16.1. The molecule has 5 heterocycles. The predicted octanol–water partition coefficient (Wildman–Crippen LogP) is 2.38. The number of hydrogen-bond donors (Lipinski definition) is 1. The van der Waals surface area contributed by atoms with Gasteiger partial charge >= 0.3 is 0 Å². The minimum atomic E-state index is -0.204. The second-order valence-corrected chi connectivity index (χ2v) is 7.74. The molecule has 0 spiro atoms. The van der Waals surface area contributed by atoms with Crippen LogP contribution in [0.4, 0.5) is 5.69 Å². The Hall–Kier alpha value is -2.52. The molecule has 2 aliphatic heterocycles. The maximum absolute atomic E-state index is 6.05. The summed E-state index contributed by atoms with van der Waals surface area (Å²) in [5.74, 6) is 1.08. The molecule has 2 saturated heterocycles. The van der Waals surface area contributed by atoms with Gasteiger partial charge in [-0.25, -0.2) is 9.67 Å². The van der Waals surface area contributed by atoms with E-state index >= 15 is 0 Å². The van der Waals surface area contributed by atoms with E-state index in [0.717, 1.165) is 54.9 Å². The molecule has 2 fully saturated rings. The van der Waals surface area contributed by atoms with Crippen molar-refractivity contribution in [2.45, 2.75) is 44.7 Å². The van der Waals surface area contributed by atoms with Gasteiger partial charge in [-0.3, -0.25) is 0 Å². The Morgan fingerprint density at radius 3 is 2.71 bits per heavy atom. The molecule has 9 nitrogen and oxygen atoms in total. The zero-order valence-electron chi connectivity index (χ0n) is 16.1. The van der Waals surface area contributed by atoms with Crippen molar-refractivity contribution in [3.05, 3.63) is 18.3 Å². The van der Waals surface area contributed by atoms with Gasteiger partial charge in [-0.1, -0.05) is 0 Å². The molecule has 28 heavy (non-hydrogen) atoms. The third-order valence-corrected chi connectivity index (χ3v) is 5.55. The summed E-state index contributed by atoms with van der Waals surface area (Å²) in [4.78, 5) is 4.63. The van der Waals surface area contributed by atoms with Crippen LogP contribution in [0.25, 0.3) is 22.5 Å². The fraction of sp³-hybridized carbons (Fsp3) is 0.579. The van der Waals surface area contributed by atoms with Gasteiger partial charge in [0, 0.05) is 32.0 Å². The summed E-state index contributed by atoms with van der Waals surface area (Å²) < 4.78 is 18.8. The highest BCUT2D eigenvalue weighted by Gasteiger charge is 2.41. The van der Waals surface area contributed by atoms with E-state index in [9.17, 15) is 0 Å². The zero-order chi connectivity index (χ0) is 19.1. The molecule has 9 heteroatoms. The Morgan fingerprint density at radius 1 is 1.18 bits per heavy atom. The quantitative estimate of drug-likeness (QED) is 0.716. The second-order valence-electron chi connectivity index (χ2n) is 7.74. The van der Waals surface area contributed by atoms with E-state index in [1.807, 2.05) is 10.9 Å². The molecule has 0 saturated carbocycles. The van der Waals surface area contributed by atoms with Gasteiger partial charge in [0.15, 0.2) is 5.65 Å². The van der Waals surface area contributed by atoms with Gasteiger partial charge in [0.1, 0.15) is 0 Å². The molecule has 3 aromatic heterocycles. The first-order valence-electron chi connectivity index (χ1n) is 9.79. The molecular weight excluding hydrogens is 360 g/mol. The Bertz CT molecular complexity index is 987. The van der Waals surface area contributed by atoms with E-state index in [4.69, 9.17) is 13.9 Å². The van der Waals surface area contributed by atoms with E-state index in [1.54, 1.807) is 6.20 Å². The van der Waals surface area contributed by atoms with E-state index < -0.39 is 0 Å². The average Bonchev–Trinajstić information content (AvgIpc) is 3.34. The topological polar surface area (TPSA) is 100 Å². The predicted molar refractivity (Wildman–Crippen MR) is 102 cm³/mol. The first kappa shape index (κ1) is 17.6. The van der Waals surface area contributed by atoms with Crippen LogP contribution < -0.4 is 5.32 Å². The van der Waals surface area contributed by atoms with Crippen molar-refractivity contribution in [1.29, 1.82) is 0 Å². The van der Waals surface area contributed by atoms with Crippen molar-refractivity contribution in [2.24, 2.45) is 0 Å². The number of ether oxygens (including phenoxy) is 2. The highest BCUT2D eigenvalue weighted by molar-refractivity contribution is 5.96. The fourth-order valence-corrected chi connectivity index (χ4v) is 3.73. The SMILES string of the molecule is CCn1ncc2c(NC3CCOCC3)c(-c3nnc(C4(C)COC4)o3)cnc21. The van der Waals surface area contributed by atoms with E-state index in [-0.39, 0.29) is 5.41 Å². The van der Waals surface area contributed by atoms with Crippen molar-refractivity contribution >= 4 is 16.7 Å². The van der Waals surface area contributed by atoms with Crippen molar-refractivity contribution in [1.82, 2.24) is 25.0 Å². The summed E-state index contributed by atoms with van der Waals surface area (Å²) in [6.07, 6.45) is 5.56. The Labute approximate surface area is 162 Å². The Kier molecular flexibility index (Phi) is 4.28. The highest BCUT2D eigenvalue weighted by atomic mass is 16.5. The molecular formula is C19H24N6O3. The molecule has 0 unspecified atom stereocenters. The van der Waals surface area contributed by atoms with E-state index in [1.165, 1.54) is 0 Å². The van der Waals surface area contributed by atoms with Gasteiger partial charge in [-0.05, 0) is 26.7 Å². The van der Waals surface area contributed by atoms with E-state index in [2.05, 4.69) is 39.4 Å². The Balaban J connectivity index is 1.58. The second kappa shape index (κ2) is 6.82. The van der Waals surface area contributed by atoms with Crippen molar-refractivity contribution in [2.75, 3.05) is 31.7 Å². The first-order valence-corrected chi connectivity index (χ1v) is 9.79. The minimum Gasteiger partial charge on any atom is -0.420 e. The number of aryl methyl sites for hydroxylation is 1. The highest BCUT2D eigenvalue weighted by Crippen LogP contribution is 2.37. The van der Waals surface area contributed by atoms with Crippen LogP contribution >= 0.6 is 0 Å². The van der Waals surface area contributed by atoms with Crippen LogP contribution in [0.2, 0.25) is 0 Å². The lowest BCUT2D eigenvalue weighted by Crippen LogP contribution is -2.44. The normalized spacial score (nSPS) is 19.6. The number of nitrogens with zero attached hydrogens (tertiary/aromatic N) is 5. The number of pyridine rings is 1. The summed E-state index contributed by atoms with van der Waals surface area (Å²) in [5, 5.41) is 17.7. The molecule has 0 amide bonds. The number of hydrogen-bond acceptors (Lipinski definition) is 8. The maximum atomic E-state index is 6.05. The summed E-state index contributed by atoms with van der Waals surface area (Å²) in [5.41, 5.74) is 2.39. The number of rotatable bonds is 5. The van der Waals surface area contributed by atoms with Crippen LogP contribution in [0, 0.1) is 0 Å². The van der Waals surface area contributed by atoms with Crippen molar-refractivity contribution in [3.8, 4) is 11.5 Å². The van der Waals surface area contributed by atoms with Crippen LogP contribution in [-0.4, -0.2) is 57.4 Å². The third-order valence-electron chi connectivity index (χ3n) is 5.55. The van der Waals surface area contributed by atoms with E-state index in [0.29, 0.717) is 31.0 Å². The first-order chi connectivity index (χ1) is 13.7. The summed E-state index contributed by atoms with van der Waals surface area (Å²) >= 11 is 0. The van der Waals surface area contributed by atoms with Crippen LogP contribution in [0.5, 0.6) is 0 Å².